The van der Waals surface area contributed by atoms with E-state index in [2.05, 4.69) is 44.8 Å². The summed E-state index contributed by atoms with van der Waals surface area (Å²) in [5.41, 5.74) is 0. The van der Waals surface area contributed by atoms with Crippen molar-refractivity contribution in [3.8, 4) is 0 Å². The molecule has 2 atom stereocenters. The lowest BCUT2D eigenvalue weighted by Crippen LogP contribution is -2.43. The SMILES string of the molecule is CC1CCC(NCCN(C(C)C)C(C)C)C1. The Labute approximate surface area is 102 Å². The van der Waals surface area contributed by atoms with Gasteiger partial charge in [0.2, 0.25) is 0 Å². The van der Waals surface area contributed by atoms with Gasteiger partial charge in [0, 0.05) is 31.2 Å². The summed E-state index contributed by atoms with van der Waals surface area (Å²) in [5, 5.41) is 3.71. The first-order valence-electron chi connectivity index (χ1n) is 6.99. The van der Waals surface area contributed by atoms with Crippen molar-refractivity contribution in [1.29, 1.82) is 0 Å². The number of nitrogens with zero attached hydrogens (tertiary/aromatic N) is 1. The summed E-state index contributed by atoms with van der Waals surface area (Å²) < 4.78 is 0. The molecule has 0 amide bonds. The summed E-state index contributed by atoms with van der Waals surface area (Å²) in [6, 6.07) is 2.10. The molecule has 0 aromatic heterocycles. The van der Waals surface area contributed by atoms with Crippen molar-refractivity contribution < 1.29 is 0 Å². The second-order valence-electron chi connectivity index (χ2n) is 5.99. The minimum absolute atomic E-state index is 0.657. The van der Waals surface area contributed by atoms with Crippen molar-refractivity contribution >= 4 is 0 Å². The van der Waals surface area contributed by atoms with Gasteiger partial charge in [-0.3, -0.25) is 4.90 Å². The Hall–Kier alpha value is -0.0800. The van der Waals surface area contributed by atoms with E-state index in [0.717, 1.165) is 18.5 Å². The van der Waals surface area contributed by atoms with Gasteiger partial charge in [-0.1, -0.05) is 6.92 Å². The number of rotatable bonds is 6. The highest BCUT2D eigenvalue weighted by Gasteiger charge is 2.21. The van der Waals surface area contributed by atoms with Crippen LogP contribution in [0.15, 0.2) is 0 Å². The van der Waals surface area contributed by atoms with Crippen LogP contribution in [0.25, 0.3) is 0 Å². The van der Waals surface area contributed by atoms with Gasteiger partial charge in [0.1, 0.15) is 0 Å². The molecular weight excluding hydrogens is 196 g/mol. The Balaban J connectivity index is 2.18. The summed E-state index contributed by atoms with van der Waals surface area (Å²) in [6.07, 6.45) is 4.17. The van der Waals surface area contributed by atoms with Crippen LogP contribution >= 0.6 is 0 Å². The first-order chi connectivity index (χ1) is 7.50. The van der Waals surface area contributed by atoms with Crippen LogP contribution in [-0.4, -0.2) is 36.1 Å². The average molecular weight is 226 g/mol. The normalized spacial score (nSPS) is 26.2. The van der Waals surface area contributed by atoms with Gasteiger partial charge in [0.15, 0.2) is 0 Å². The molecule has 96 valence electrons. The van der Waals surface area contributed by atoms with Crippen LogP contribution in [0.5, 0.6) is 0 Å². The molecule has 16 heavy (non-hydrogen) atoms. The summed E-state index contributed by atoms with van der Waals surface area (Å²) in [7, 11) is 0. The van der Waals surface area contributed by atoms with Crippen molar-refractivity contribution in [2.24, 2.45) is 5.92 Å². The van der Waals surface area contributed by atoms with Gasteiger partial charge >= 0.3 is 0 Å². The quantitative estimate of drug-likeness (QED) is 0.749. The third-order valence-corrected chi connectivity index (χ3v) is 3.82. The highest BCUT2D eigenvalue weighted by atomic mass is 15.2. The molecule has 0 saturated heterocycles. The van der Waals surface area contributed by atoms with Crippen LogP contribution in [0.4, 0.5) is 0 Å². The molecule has 0 radical (unpaired) electrons. The van der Waals surface area contributed by atoms with Crippen LogP contribution in [0, 0.1) is 5.92 Å². The van der Waals surface area contributed by atoms with Gasteiger partial charge in [0.05, 0.1) is 0 Å². The zero-order valence-corrected chi connectivity index (χ0v) is 11.8. The third-order valence-electron chi connectivity index (χ3n) is 3.82. The molecule has 0 heterocycles. The van der Waals surface area contributed by atoms with Gasteiger partial charge in [-0.2, -0.15) is 0 Å². The molecule has 1 N–H and O–H groups in total. The maximum absolute atomic E-state index is 3.71. The molecule has 1 rings (SSSR count). The summed E-state index contributed by atoms with van der Waals surface area (Å²) >= 11 is 0. The van der Waals surface area contributed by atoms with Crippen LogP contribution < -0.4 is 5.32 Å². The molecule has 0 aromatic rings. The van der Waals surface area contributed by atoms with E-state index in [0.29, 0.717) is 12.1 Å². The average Bonchev–Trinajstić information content (AvgIpc) is 2.57. The second-order valence-corrected chi connectivity index (χ2v) is 5.99. The highest BCUT2D eigenvalue weighted by Crippen LogP contribution is 2.24. The molecule has 1 aliphatic rings. The molecule has 1 aliphatic carbocycles. The summed E-state index contributed by atoms with van der Waals surface area (Å²) in [4.78, 5) is 2.56. The molecule has 0 aliphatic heterocycles. The number of hydrogen-bond acceptors (Lipinski definition) is 2. The Morgan fingerprint density at radius 3 is 2.19 bits per heavy atom. The van der Waals surface area contributed by atoms with Crippen molar-refractivity contribution in [3.05, 3.63) is 0 Å². The predicted molar refractivity (Wildman–Crippen MR) is 71.8 cm³/mol. The van der Waals surface area contributed by atoms with Gasteiger partial charge < -0.3 is 5.32 Å². The molecule has 0 bridgehead atoms. The van der Waals surface area contributed by atoms with Gasteiger partial charge in [0.25, 0.3) is 0 Å². The van der Waals surface area contributed by atoms with E-state index < -0.39 is 0 Å². The Morgan fingerprint density at radius 1 is 1.12 bits per heavy atom. The van der Waals surface area contributed by atoms with E-state index in [9.17, 15) is 0 Å². The minimum Gasteiger partial charge on any atom is -0.313 e. The molecule has 2 heteroatoms. The smallest absolute Gasteiger partial charge is 0.0112 e. The van der Waals surface area contributed by atoms with Crippen molar-refractivity contribution in [3.63, 3.8) is 0 Å². The molecule has 1 fully saturated rings. The molecule has 2 unspecified atom stereocenters. The van der Waals surface area contributed by atoms with E-state index >= 15 is 0 Å². The molecule has 0 aromatic carbocycles. The van der Waals surface area contributed by atoms with Crippen LogP contribution in [0.2, 0.25) is 0 Å². The van der Waals surface area contributed by atoms with Crippen LogP contribution in [0.1, 0.15) is 53.9 Å². The fourth-order valence-electron chi connectivity index (χ4n) is 2.90. The molecule has 1 saturated carbocycles. The second kappa shape index (κ2) is 6.61. The maximum atomic E-state index is 3.71. The van der Waals surface area contributed by atoms with E-state index in [4.69, 9.17) is 0 Å². The summed E-state index contributed by atoms with van der Waals surface area (Å²) in [5.74, 6) is 0.934. The number of hydrogen-bond donors (Lipinski definition) is 1. The van der Waals surface area contributed by atoms with Gasteiger partial charge in [-0.15, -0.1) is 0 Å². The predicted octanol–water partition coefficient (Wildman–Crippen LogP) is 2.88. The lowest BCUT2D eigenvalue weighted by molar-refractivity contribution is 0.174. The number of nitrogens with one attached hydrogen (secondary N) is 1. The third kappa shape index (κ3) is 4.42. The Kier molecular flexibility index (Phi) is 5.77. The summed E-state index contributed by atoms with van der Waals surface area (Å²) in [6.45, 7) is 13.9. The van der Waals surface area contributed by atoms with Crippen molar-refractivity contribution in [2.45, 2.75) is 72.0 Å². The van der Waals surface area contributed by atoms with Gasteiger partial charge in [-0.25, -0.2) is 0 Å². The van der Waals surface area contributed by atoms with Crippen molar-refractivity contribution in [2.75, 3.05) is 13.1 Å². The van der Waals surface area contributed by atoms with E-state index in [1.54, 1.807) is 0 Å². The topological polar surface area (TPSA) is 15.3 Å². The molecule has 0 spiro atoms. The van der Waals surface area contributed by atoms with Crippen LogP contribution in [0.3, 0.4) is 0 Å². The van der Waals surface area contributed by atoms with Crippen LogP contribution in [-0.2, 0) is 0 Å². The first kappa shape index (κ1) is 14.0. The highest BCUT2D eigenvalue weighted by molar-refractivity contribution is 4.79. The zero-order chi connectivity index (χ0) is 12.1. The Bertz CT molecular complexity index is 181. The van der Waals surface area contributed by atoms with E-state index in [1.807, 2.05) is 0 Å². The lowest BCUT2D eigenvalue weighted by atomic mass is 10.1. The fourth-order valence-corrected chi connectivity index (χ4v) is 2.90. The fraction of sp³-hybridized carbons (Fsp3) is 1.00. The minimum atomic E-state index is 0.657. The largest absolute Gasteiger partial charge is 0.313 e. The van der Waals surface area contributed by atoms with Crippen molar-refractivity contribution in [1.82, 2.24) is 10.2 Å². The first-order valence-corrected chi connectivity index (χ1v) is 6.99. The lowest BCUT2D eigenvalue weighted by Gasteiger charge is -2.31. The molecule has 2 nitrogen and oxygen atoms in total. The zero-order valence-electron chi connectivity index (χ0n) is 11.8. The Morgan fingerprint density at radius 2 is 1.75 bits per heavy atom. The molecular formula is C14H30N2. The maximum Gasteiger partial charge on any atom is 0.0112 e. The van der Waals surface area contributed by atoms with Gasteiger partial charge in [-0.05, 0) is 52.9 Å². The standard InChI is InChI=1S/C14H30N2/c1-11(2)16(12(3)4)9-8-15-14-7-6-13(5)10-14/h11-15H,6-10H2,1-5H3. The van der Waals surface area contributed by atoms with E-state index in [-0.39, 0.29) is 0 Å². The van der Waals surface area contributed by atoms with E-state index in [1.165, 1.54) is 25.8 Å². The monoisotopic (exact) mass is 226 g/mol.